The number of hydrogen-bond acceptors (Lipinski definition) is 2. The van der Waals surface area contributed by atoms with Crippen molar-refractivity contribution >= 4 is 0 Å². The van der Waals surface area contributed by atoms with Gasteiger partial charge in [0.15, 0.2) is 0 Å². The largest absolute Gasteiger partial charge is 0.396 e. The first-order chi connectivity index (χ1) is 6.36. The molecule has 2 heteroatoms. The topological polar surface area (TPSA) is 23.5 Å². The van der Waals surface area contributed by atoms with Gasteiger partial charge in [-0.1, -0.05) is 0 Å². The van der Waals surface area contributed by atoms with E-state index in [9.17, 15) is 5.11 Å². The summed E-state index contributed by atoms with van der Waals surface area (Å²) in [6, 6.07) is 1.19. The molecule has 0 aromatic rings. The third kappa shape index (κ3) is 2.48. The molecule has 1 heterocycles. The Bertz CT molecular complexity index is 173. The van der Waals surface area contributed by atoms with Crippen LogP contribution >= 0.6 is 0 Å². The minimum atomic E-state index is 0.249. The van der Waals surface area contributed by atoms with Gasteiger partial charge in [-0.25, -0.2) is 0 Å². The van der Waals surface area contributed by atoms with Gasteiger partial charge in [0.05, 0.1) is 0 Å². The van der Waals surface area contributed by atoms with Crippen LogP contribution in [0, 0.1) is 5.92 Å². The van der Waals surface area contributed by atoms with Crippen molar-refractivity contribution in [1.82, 2.24) is 4.90 Å². The highest BCUT2D eigenvalue weighted by Gasteiger charge is 2.36. The molecule has 2 nitrogen and oxygen atoms in total. The minimum absolute atomic E-state index is 0.249. The molecule has 0 spiro atoms. The van der Waals surface area contributed by atoms with E-state index in [1.807, 2.05) is 0 Å². The molecule has 0 bridgehead atoms. The number of piperidine rings is 1. The van der Waals surface area contributed by atoms with Crippen LogP contribution in [0.2, 0.25) is 0 Å². The number of rotatable bonds is 1. The molecule has 1 unspecified atom stereocenters. The van der Waals surface area contributed by atoms with Gasteiger partial charge in [0.25, 0.3) is 0 Å². The van der Waals surface area contributed by atoms with Gasteiger partial charge in [-0.05, 0) is 53.4 Å². The zero-order chi connectivity index (χ0) is 10.9. The van der Waals surface area contributed by atoms with Crippen LogP contribution in [0.1, 0.15) is 47.5 Å². The highest BCUT2D eigenvalue weighted by atomic mass is 16.3. The lowest BCUT2D eigenvalue weighted by atomic mass is 9.84. The fourth-order valence-electron chi connectivity index (χ4n) is 3.19. The average molecular weight is 199 g/mol. The fraction of sp³-hybridized carbons (Fsp3) is 1.00. The van der Waals surface area contributed by atoms with Crippen LogP contribution in [0.15, 0.2) is 0 Å². The summed E-state index contributed by atoms with van der Waals surface area (Å²) in [5.41, 5.74) is 0.249. The third-order valence-electron chi connectivity index (χ3n) is 3.33. The molecule has 0 saturated carbocycles. The standard InChI is InChI=1S/C12H25NO/c1-9-6-11(8-14)7-10(2)13(9)12(3,4)5/h9-11,14H,6-8H2,1-5H3/t9-,10+,11?. The summed E-state index contributed by atoms with van der Waals surface area (Å²) in [5.74, 6) is 0.513. The van der Waals surface area contributed by atoms with Gasteiger partial charge in [-0.3, -0.25) is 4.90 Å². The first-order valence-corrected chi connectivity index (χ1v) is 5.75. The Labute approximate surface area is 88.3 Å². The van der Waals surface area contributed by atoms with Gasteiger partial charge in [-0.2, -0.15) is 0 Å². The predicted molar refractivity (Wildman–Crippen MR) is 60.3 cm³/mol. The van der Waals surface area contributed by atoms with E-state index < -0.39 is 0 Å². The Morgan fingerprint density at radius 2 is 1.57 bits per heavy atom. The van der Waals surface area contributed by atoms with Gasteiger partial charge < -0.3 is 5.11 Å². The summed E-state index contributed by atoms with van der Waals surface area (Å²) in [6.07, 6.45) is 2.27. The van der Waals surface area contributed by atoms with Crippen LogP contribution in [-0.4, -0.2) is 34.2 Å². The Balaban J connectivity index is 2.70. The molecule has 1 N–H and O–H groups in total. The normalized spacial score (nSPS) is 36.0. The Morgan fingerprint density at radius 1 is 1.14 bits per heavy atom. The highest BCUT2D eigenvalue weighted by Crippen LogP contribution is 2.32. The summed E-state index contributed by atoms with van der Waals surface area (Å²) >= 11 is 0. The summed E-state index contributed by atoms with van der Waals surface area (Å²) in [7, 11) is 0. The quantitative estimate of drug-likeness (QED) is 0.700. The van der Waals surface area contributed by atoms with Crippen molar-refractivity contribution in [3.63, 3.8) is 0 Å². The van der Waals surface area contributed by atoms with Gasteiger partial charge in [0, 0.05) is 24.2 Å². The van der Waals surface area contributed by atoms with Crippen LogP contribution in [0.5, 0.6) is 0 Å². The van der Waals surface area contributed by atoms with E-state index in [4.69, 9.17) is 0 Å². The van der Waals surface area contributed by atoms with Crippen molar-refractivity contribution in [3.05, 3.63) is 0 Å². The first kappa shape index (κ1) is 12.0. The maximum absolute atomic E-state index is 9.20. The number of aliphatic hydroxyl groups is 1. The molecule has 1 rings (SSSR count). The molecule has 1 aliphatic rings. The molecule has 3 atom stereocenters. The summed E-state index contributed by atoms with van der Waals surface area (Å²) in [4.78, 5) is 2.58. The molecule has 0 aromatic carbocycles. The van der Waals surface area contributed by atoms with Gasteiger partial charge >= 0.3 is 0 Å². The van der Waals surface area contributed by atoms with E-state index in [2.05, 4.69) is 39.5 Å². The summed E-state index contributed by atoms with van der Waals surface area (Å²) < 4.78 is 0. The van der Waals surface area contributed by atoms with Crippen LogP contribution in [-0.2, 0) is 0 Å². The monoisotopic (exact) mass is 199 g/mol. The maximum Gasteiger partial charge on any atom is 0.0460 e. The minimum Gasteiger partial charge on any atom is -0.396 e. The Morgan fingerprint density at radius 3 is 1.86 bits per heavy atom. The highest BCUT2D eigenvalue weighted by molar-refractivity contribution is 4.91. The van der Waals surface area contributed by atoms with E-state index in [-0.39, 0.29) is 5.54 Å². The second-order valence-corrected chi connectivity index (χ2v) is 5.80. The van der Waals surface area contributed by atoms with Crippen molar-refractivity contribution in [2.45, 2.75) is 65.1 Å². The number of nitrogens with zero attached hydrogens (tertiary/aromatic N) is 1. The van der Waals surface area contributed by atoms with Crippen molar-refractivity contribution in [2.24, 2.45) is 5.92 Å². The molecule has 0 aliphatic carbocycles. The number of aliphatic hydroxyl groups excluding tert-OH is 1. The van der Waals surface area contributed by atoms with E-state index in [0.29, 0.717) is 24.6 Å². The van der Waals surface area contributed by atoms with Crippen LogP contribution in [0.3, 0.4) is 0 Å². The van der Waals surface area contributed by atoms with Gasteiger partial charge in [0.1, 0.15) is 0 Å². The van der Waals surface area contributed by atoms with Crippen LogP contribution in [0.25, 0.3) is 0 Å². The lowest BCUT2D eigenvalue weighted by molar-refractivity contribution is -0.0157. The second-order valence-electron chi connectivity index (χ2n) is 5.80. The maximum atomic E-state index is 9.20. The first-order valence-electron chi connectivity index (χ1n) is 5.75. The van der Waals surface area contributed by atoms with E-state index in [1.54, 1.807) is 0 Å². The predicted octanol–water partition coefficient (Wildman–Crippen LogP) is 2.27. The van der Waals surface area contributed by atoms with E-state index >= 15 is 0 Å². The molecule has 1 fully saturated rings. The number of likely N-dealkylation sites (tertiary alicyclic amines) is 1. The molecule has 0 aromatic heterocycles. The van der Waals surface area contributed by atoms with Gasteiger partial charge in [-0.15, -0.1) is 0 Å². The lowest BCUT2D eigenvalue weighted by Gasteiger charge is -2.49. The lowest BCUT2D eigenvalue weighted by Crippen LogP contribution is -2.55. The van der Waals surface area contributed by atoms with Gasteiger partial charge in [0.2, 0.25) is 0 Å². The third-order valence-corrected chi connectivity index (χ3v) is 3.33. The SMILES string of the molecule is C[C@@H]1CC(CO)C[C@H](C)N1C(C)(C)C. The smallest absolute Gasteiger partial charge is 0.0460 e. The summed E-state index contributed by atoms with van der Waals surface area (Å²) in [6.45, 7) is 11.7. The molecule has 0 radical (unpaired) electrons. The fourth-order valence-corrected chi connectivity index (χ4v) is 3.19. The Hall–Kier alpha value is -0.0800. The average Bonchev–Trinajstić information content (AvgIpc) is 1.99. The molecule has 1 aliphatic heterocycles. The molecule has 14 heavy (non-hydrogen) atoms. The zero-order valence-electron chi connectivity index (χ0n) is 10.2. The number of hydrogen-bond donors (Lipinski definition) is 1. The summed E-state index contributed by atoms with van der Waals surface area (Å²) in [5, 5.41) is 9.20. The molecule has 84 valence electrons. The van der Waals surface area contributed by atoms with Crippen molar-refractivity contribution in [1.29, 1.82) is 0 Å². The molecule has 1 saturated heterocycles. The molecule has 0 amide bonds. The van der Waals surface area contributed by atoms with Crippen molar-refractivity contribution < 1.29 is 5.11 Å². The zero-order valence-corrected chi connectivity index (χ0v) is 10.2. The van der Waals surface area contributed by atoms with E-state index in [1.165, 1.54) is 0 Å². The van der Waals surface area contributed by atoms with E-state index in [0.717, 1.165) is 12.8 Å². The molecular weight excluding hydrogens is 174 g/mol. The van der Waals surface area contributed by atoms with Crippen molar-refractivity contribution in [2.75, 3.05) is 6.61 Å². The van der Waals surface area contributed by atoms with Crippen LogP contribution < -0.4 is 0 Å². The Kier molecular flexibility index (Phi) is 3.59. The molecular formula is C12H25NO. The van der Waals surface area contributed by atoms with Crippen molar-refractivity contribution in [3.8, 4) is 0 Å². The second kappa shape index (κ2) is 4.19. The van der Waals surface area contributed by atoms with Crippen LogP contribution in [0.4, 0.5) is 0 Å².